The largest absolute Gasteiger partial charge is 0.409 e. The van der Waals surface area contributed by atoms with Gasteiger partial charge in [-0.3, -0.25) is 0 Å². The van der Waals surface area contributed by atoms with Gasteiger partial charge >= 0.3 is 0 Å². The van der Waals surface area contributed by atoms with Gasteiger partial charge in [0, 0.05) is 5.41 Å². The summed E-state index contributed by atoms with van der Waals surface area (Å²) in [5, 5.41) is 11.8. The van der Waals surface area contributed by atoms with Gasteiger partial charge < -0.3 is 15.8 Å². The van der Waals surface area contributed by atoms with Crippen LogP contribution in [-0.2, 0) is 0 Å². The van der Waals surface area contributed by atoms with Gasteiger partial charge in [0.05, 0.1) is 0 Å². The van der Waals surface area contributed by atoms with E-state index in [4.69, 9.17) is 10.9 Å². The maximum atomic E-state index is 8.71. The first-order chi connectivity index (χ1) is 8.06. The zero-order valence-corrected chi connectivity index (χ0v) is 11.3. The Morgan fingerprint density at radius 2 is 1.82 bits per heavy atom. The van der Waals surface area contributed by atoms with Crippen molar-refractivity contribution in [3.8, 4) is 0 Å². The summed E-state index contributed by atoms with van der Waals surface area (Å²) in [6, 6.07) is 0. The average molecular weight is 241 g/mol. The molecule has 0 bridgehead atoms. The highest BCUT2D eigenvalue weighted by Gasteiger charge is 2.23. The van der Waals surface area contributed by atoms with Crippen molar-refractivity contribution in [1.82, 2.24) is 4.90 Å². The molecule has 0 radical (unpaired) electrons. The Bertz CT molecular complexity index is 243. The Labute approximate surface area is 105 Å². The fourth-order valence-corrected chi connectivity index (χ4v) is 2.37. The van der Waals surface area contributed by atoms with Crippen LogP contribution in [-0.4, -0.2) is 35.6 Å². The lowest BCUT2D eigenvalue weighted by molar-refractivity contribution is 0.263. The lowest BCUT2D eigenvalue weighted by Crippen LogP contribution is -2.33. The van der Waals surface area contributed by atoms with Gasteiger partial charge in [-0.1, -0.05) is 31.8 Å². The lowest BCUT2D eigenvalue weighted by Gasteiger charge is -2.25. The average Bonchev–Trinajstić information content (AvgIpc) is 2.56. The number of likely N-dealkylation sites (tertiary alicyclic amines) is 1. The first-order valence-electron chi connectivity index (χ1n) is 6.76. The standard InChI is InChI=1S/C13H27N3O/c1-13(2,12(14)15-17)8-7-11-16-9-5-3-4-6-10-16/h17H,3-11H2,1-2H3,(H2,14,15). The molecule has 0 unspecified atom stereocenters. The third kappa shape index (κ3) is 4.94. The molecular formula is C13H27N3O. The zero-order chi connectivity index (χ0) is 12.7. The van der Waals surface area contributed by atoms with E-state index >= 15 is 0 Å². The molecule has 0 saturated carbocycles. The number of rotatable bonds is 5. The van der Waals surface area contributed by atoms with E-state index in [1.165, 1.54) is 38.8 Å². The number of hydrogen-bond acceptors (Lipinski definition) is 3. The van der Waals surface area contributed by atoms with E-state index in [2.05, 4.69) is 10.1 Å². The second-order valence-corrected chi connectivity index (χ2v) is 5.73. The van der Waals surface area contributed by atoms with Gasteiger partial charge in [-0.15, -0.1) is 0 Å². The van der Waals surface area contributed by atoms with E-state index in [1.807, 2.05) is 13.8 Å². The highest BCUT2D eigenvalue weighted by atomic mass is 16.4. The van der Waals surface area contributed by atoms with Gasteiger partial charge in [0.2, 0.25) is 0 Å². The van der Waals surface area contributed by atoms with Crippen molar-refractivity contribution in [3.05, 3.63) is 0 Å². The maximum Gasteiger partial charge on any atom is 0.144 e. The van der Waals surface area contributed by atoms with E-state index in [1.54, 1.807) is 0 Å². The van der Waals surface area contributed by atoms with Gasteiger partial charge in [0.25, 0.3) is 0 Å². The molecule has 4 nitrogen and oxygen atoms in total. The van der Waals surface area contributed by atoms with E-state index < -0.39 is 0 Å². The molecule has 0 aliphatic carbocycles. The first-order valence-corrected chi connectivity index (χ1v) is 6.76. The molecule has 1 heterocycles. The summed E-state index contributed by atoms with van der Waals surface area (Å²) in [5.74, 6) is 0.341. The molecule has 4 heteroatoms. The zero-order valence-electron chi connectivity index (χ0n) is 11.3. The molecular weight excluding hydrogens is 214 g/mol. The predicted octanol–water partition coefficient (Wildman–Crippen LogP) is 2.42. The topological polar surface area (TPSA) is 61.8 Å². The molecule has 0 aromatic rings. The number of amidine groups is 1. The normalized spacial score (nSPS) is 20.2. The summed E-state index contributed by atoms with van der Waals surface area (Å²) in [6.07, 6.45) is 7.52. The molecule has 0 atom stereocenters. The van der Waals surface area contributed by atoms with Gasteiger partial charge in [0.1, 0.15) is 5.84 Å². The van der Waals surface area contributed by atoms with Crippen LogP contribution in [0.2, 0.25) is 0 Å². The number of nitrogens with zero attached hydrogens (tertiary/aromatic N) is 2. The van der Waals surface area contributed by atoms with Crippen LogP contribution < -0.4 is 5.73 Å². The Hall–Kier alpha value is -0.770. The van der Waals surface area contributed by atoms with E-state index in [-0.39, 0.29) is 5.41 Å². The summed E-state index contributed by atoms with van der Waals surface area (Å²) in [5.41, 5.74) is 5.49. The van der Waals surface area contributed by atoms with Gasteiger partial charge in [-0.05, 0) is 45.3 Å². The van der Waals surface area contributed by atoms with Crippen molar-refractivity contribution < 1.29 is 5.21 Å². The van der Waals surface area contributed by atoms with Crippen molar-refractivity contribution >= 4 is 5.84 Å². The van der Waals surface area contributed by atoms with E-state index in [0.717, 1.165) is 19.4 Å². The molecule has 0 aromatic carbocycles. The second-order valence-electron chi connectivity index (χ2n) is 5.73. The quantitative estimate of drug-likeness (QED) is 0.336. The molecule has 3 N–H and O–H groups in total. The SMILES string of the molecule is CC(C)(CCCN1CCCCCC1)C(N)=NO. The minimum absolute atomic E-state index is 0.194. The number of nitrogens with two attached hydrogens (primary N) is 1. The molecule has 1 saturated heterocycles. The molecule has 1 rings (SSSR count). The minimum atomic E-state index is -0.194. The molecule has 100 valence electrons. The third-order valence-electron chi connectivity index (χ3n) is 3.78. The number of hydrogen-bond donors (Lipinski definition) is 2. The summed E-state index contributed by atoms with van der Waals surface area (Å²) >= 11 is 0. The smallest absolute Gasteiger partial charge is 0.144 e. The first kappa shape index (κ1) is 14.3. The van der Waals surface area contributed by atoms with E-state index in [9.17, 15) is 0 Å². The fraction of sp³-hybridized carbons (Fsp3) is 0.923. The minimum Gasteiger partial charge on any atom is -0.409 e. The van der Waals surface area contributed by atoms with Crippen LogP contribution in [0.3, 0.4) is 0 Å². The molecule has 1 aliphatic rings. The highest BCUT2D eigenvalue weighted by molar-refractivity contribution is 5.85. The van der Waals surface area contributed by atoms with Crippen molar-refractivity contribution in [3.63, 3.8) is 0 Å². The third-order valence-corrected chi connectivity index (χ3v) is 3.78. The maximum absolute atomic E-state index is 8.71. The van der Waals surface area contributed by atoms with Crippen LogP contribution >= 0.6 is 0 Å². The lowest BCUT2D eigenvalue weighted by atomic mass is 9.86. The van der Waals surface area contributed by atoms with E-state index in [0.29, 0.717) is 5.84 Å². The van der Waals surface area contributed by atoms with Crippen molar-refractivity contribution in [2.45, 2.75) is 52.4 Å². The van der Waals surface area contributed by atoms with Crippen LogP contribution in [0.25, 0.3) is 0 Å². The van der Waals surface area contributed by atoms with Gasteiger partial charge in [-0.2, -0.15) is 0 Å². The Balaban J connectivity index is 2.26. The van der Waals surface area contributed by atoms with Crippen LogP contribution in [0.4, 0.5) is 0 Å². The predicted molar refractivity (Wildman–Crippen MR) is 71.3 cm³/mol. The summed E-state index contributed by atoms with van der Waals surface area (Å²) in [7, 11) is 0. The molecule has 1 fully saturated rings. The molecule has 0 aromatic heterocycles. The van der Waals surface area contributed by atoms with Crippen LogP contribution in [0.15, 0.2) is 5.16 Å². The molecule has 1 aliphatic heterocycles. The van der Waals surface area contributed by atoms with Crippen molar-refractivity contribution in [2.24, 2.45) is 16.3 Å². The van der Waals surface area contributed by atoms with Crippen LogP contribution in [0.1, 0.15) is 52.4 Å². The second kappa shape index (κ2) is 6.84. The van der Waals surface area contributed by atoms with Crippen molar-refractivity contribution in [2.75, 3.05) is 19.6 Å². The Morgan fingerprint density at radius 3 is 2.35 bits per heavy atom. The fourth-order valence-electron chi connectivity index (χ4n) is 2.37. The summed E-state index contributed by atoms with van der Waals surface area (Å²) < 4.78 is 0. The van der Waals surface area contributed by atoms with Gasteiger partial charge in [-0.25, -0.2) is 0 Å². The molecule has 17 heavy (non-hydrogen) atoms. The van der Waals surface area contributed by atoms with Crippen LogP contribution in [0.5, 0.6) is 0 Å². The molecule has 0 amide bonds. The Morgan fingerprint density at radius 1 is 1.24 bits per heavy atom. The number of oxime groups is 1. The Kier molecular flexibility index (Phi) is 5.75. The van der Waals surface area contributed by atoms with Gasteiger partial charge in [0.15, 0.2) is 0 Å². The monoisotopic (exact) mass is 241 g/mol. The molecule has 0 spiro atoms. The van der Waals surface area contributed by atoms with Crippen LogP contribution in [0, 0.1) is 5.41 Å². The summed E-state index contributed by atoms with van der Waals surface area (Å²) in [4.78, 5) is 2.55. The summed E-state index contributed by atoms with van der Waals surface area (Å²) in [6.45, 7) is 7.69. The highest BCUT2D eigenvalue weighted by Crippen LogP contribution is 2.23. The van der Waals surface area contributed by atoms with Crippen molar-refractivity contribution in [1.29, 1.82) is 0 Å².